The molecule has 0 saturated carbocycles. The second-order valence-corrected chi connectivity index (χ2v) is 11.4. The summed E-state index contributed by atoms with van der Waals surface area (Å²) in [6.07, 6.45) is 9.49. The van der Waals surface area contributed by atoms with Gasteiger partial charge in [-0.15, -0.1) is 0 Å². The second-order valence-electron chi connectivity index (χ2n) is 11.4. The normalized spacial score (nSPS) is 26.0. The summed E-state index contributed by atoms with van der Waals surface area (Å²) in [6, 6.07) is 13.0. The molecule has 1 saturated heterocycles. The molecule has 4 aliphatic rings. The van der Waals surface area contributed by atoms with Gasteiger partial charge in [-0.2, -0.15) is 5.26 Å². The minimum absolute atomic E-state index is 0.184. The Morgan fingerprint density at radius 2 is 1.95 bits per heavy atom. The predicted molar refractivity (Wildman–Crippen MR) is 145 cm³/mol. The number of aryl methyl sites for hydroxylation is 2. The maximum absolute atomic E-state index is 13.6. The van der Waals surface area contributed by atoms with E-state index >= 15 is 0 Å². The summed E-state index contributed by atoms with van der Waals surface area (Å²) in [5.41, 5.74) is 10.8. The lowest BCUT2D eigenvalue weighted by atomic mass is 9.73. The largest absolute Gasteiger partial charge is 0.633 e. The third-order valence-electron chi connectivity index (χ3n) is 8.59. The van der Waals surface area contributed by atoms with Gasteiger partial charge in [0.25, 0.3) is 0 Å². The van der Waals surface area contributed by atoms with Gasteiger partial charge in [-0.05, 0) is 91.3 Å². The van der Waals surface area contributed by atoms with Crippen molar-refractivity contribution in [1.29, 1.82) is 5.26 Å². The lowest BCUT2D eigenvalue weighted by Gasteiger charge is -2.49. The van der Waals surface area contributed by atoms with Crippen LogP contribution in [0.2, 0.25) is 0 Å². The number of nitrogens with zero attached hydrogens (tertiary/aromatic N) is 4. The van der Waals surface area contributed by atoms with Gasteiger partial charge >= 0.3 is 0 Å². The zero-order valence-corrected chi connectivity index (χ0v) is 21.8. The Morgan fingerprint density at radius 3 is 2.68 bits per heavy atom. The third kappa shape index (κ3) is 4.38. The van der Waals surface area contributed by atoms with Crippen LogP contribution >= 0.6 is 0 Å². The van der Waals surface area contributed by atoms with Gasteiger partial charge in [-0.1, -0.05) is 12.1 Å². The van der Waals surface area contributed by atoms with Gasteiger partial charge in [0.15, 0.2) is 0 Å². The van der Waals surface area contributed by atoms with Crippen LogP contribution < -0.4 is 5.32 Å². The van der Waals surface area contributed by atoms with E-state index in [4.69, 9.17) is 0 Å². The van der Waals surface area contributed by atoms with Crippen molar-refractivity contribution in [2.24, 2.45) is 0 Å². The van der Waals surface area contributed by atoms with Crippen molar-refractivity contribution >= 4 is 11.6 Å². The molecule has 1 unspecified atom stereocenters. The standard InChI is InChI=1S/C31H33N5O/c1-20-4-5-23(21(2)34-20)19-36(37)10-7-28(8-11-36)35-31(3)16-26(12-22-6-9-33-18-30(22)31)29-15-27(17-32)24-13-25(29)14-24/h4-6,9,12-13,15,18,28,35H,7-8,10-11,14,16,19H2,1-3H3. The number of rotatable bonds is 5. The first kappa shape index (κ1) is 24.0. The highest BCUT2D eigenvalue weighted by atomic mass is 16.5. The van der Waals surface area contributed by atoms with Crippen molar-refractivity contribution in [2.45, 2.75) is 64.6 Å². The predicted octanol–water partition coefficient (Wildman–Crippen LogP) is 5.30. The molecule has 0 amide bonds. The average Bonchev–Trinajstić information content (AvgIpc) is 2.86. The van der Waals surface area contributed by atoms with Crippen LogP contribution in [-0.4, -0.2) is 33.7 Å². The Kier molecular flexibility index (Phi) is 5.76. The van der Waals surface area contributed by atoms with Crippen molar-refractivity contribution < 1.29 is 4.65 Å². The molecule has 188 valence electrons. The number of nitriles is 1. The molecule has 6 heteroatoms. The Balaban J connectivity index is 1.21. The number of pyridine rings is 2. The fourth-order valence-corrected chi connectivity index (χ4v) is 6.46. The van der Waals surface area contributed by atoms with Crippen LogP contribution in [0.4, 0.5) is 0 Å². The molecule has 3 aliphatic carbocycles. The molecule has 2 bridgehead atoms. The van der Waals surface area contributed by atoms with Gasteiger partial charge in [0.2, 0.25) is 0 Å². The number of hydrogen-bond acceptors (Lipinski definition) is 5. The number of aromatic nitrogens is 2. The molecule has 1 aromatic carbocycles. The van der Waals surface area contributed by atoms with Crippen molar-refractivity contribution in [1.82, 2.24) is 15.3 Å². The van der Waals surface area contributed by atoms with Crippen LogP contribution in [0.25, 0.3) is 11.6 Å². The van der Waals surface area contributed by atoms with Crippen LogP contribution in [0.1, 0.15) is 76.5 Å². The topological polar surface area (TPSA) is 84.7 Å². The Hall–Kier alpha value is -3.37. The number of nitrogens with one attached hydrogen (secondary N) is 1. The molecule has 6 nitrogen and oxygen atoms in total. The maximum atomic E-state index is 13.6. The minimum atomic E-state index is -0.298. The minimum Gasteiger partial charge on any atom is -0.633 e. The Labute approximate surface area is 218 Å². The molecule has 2 aromatic heterocycles. The summed E-state index contributed by atoms with van der Waals surface area (Å²) >= 11 is 0. The highest BCUT2D eigenvalue weighted by Gasteiger charge is 2.38. The SMILES string of the molecule is Cc1ccc(C[N+]2([O-])CCC(NC3(C)CC(c4cc(C#N)c5cc4C5)=Cc4ccncc43)CC2)c(C)n1. The monoisotopic (exact) mass is 491 g/mol. The van der Waals surface area contributed by atoms with E-state index < -0.39 is 0 Å². The van der Waals surface area contributed by atoms with Crippen LogP contribution in [0.15, 0.2) is 42.7 Å². The zero-order valence-electron chi connectivity index (χ0n) is 21.8. The summed E-state index contributed by atoms with van der Waals surface area (Å²) in [5.74, 6) is 0. The highest BCUT2D eigenvalue weighted by molar-refractivity contribution is 5.88. The molecule has 1 aliphatic heterocycles. The van der Waals surface area contributed by atoms with Crippen LogP contribution in [0.5, 0.6) is 0 Å². The van der Waals surface area contributed by atoms with Gasteiger partial charge in [-0.3, -0.25) is 9.97 Å². The number of likely N-dealkylation sites (tertiary alicyclic amines) is 1. The second kappa shape index (κ2) is 8.88. The summed E-state index contributed by atoms with van der Waals surface area (Å²) in [5, 5.41) is 27.2. The van der Waals surface area contributed by atoms with Crippen molar-refractivity contribution in [2.75, 3.05) is 13.1 Å². The van der Waals surface area contributed by atoms with Crippen LogP contribution in [-0.2, 0) is 18.5 Å². The smallest absolute Gasteiger partial charge is 0.106 e. The highest BCUT2D eigenvalue weighted by Crippen LogP contribution is 2.44. The summed E-state index contributed by atoms with van der Waals surface area (Å²) in [4.78, 5) is 9.01. The van der Waals surface area contributed by atoms with Crippen molar-refractivity contribution in [3.05, 3.63) is 98.3 Å². The summed E-state index contributed by atoms with van der Waals surface area (Å²) in [6.45, 7) is 7.94. The van der Waals surface area contributed by atoms with Crippen molar-refractivity contribution in [3.63, 3.8) is 0 Å². The van der Waals surface area contributed by atoms with E-state index in [1.165, 1.54) is 27.8 Å². The number of benzene rings is 1. The fraction of sp³-hybridized carbons (Fsp3) is 0.387. The molecule has 1 atom stereocenters. The molecule has 37 heavy (non-hydrogen) atoms. The molecule has 0 radical (unpaired) electrons. The Bertz CT molecular complexity index is 1460. The molecule has 0 spiro atoms. The molecule has 1 fully saturated rings. The van der Waals surface area contributed by atoms with Gasteiger partial charge in [0, 0.05) is 53.8 Å². The van der Waals surface area contributed by atoms with Gasteiger partial charge < -0.3 is 15.2 Å². The molecule has 1 N–H and O–H groups in total. The lowest BCUT2D eigenvalue weighted by molar-refractivity contribution is -0.899. The maximum Gasteiger partial charge on any atom is 0.106 e. The van der Waals surface area contributed by atoms with Gasteiger partial charge in [0.05, 0.1) is 24.7 Å². The molecular weight excluding hydrogens is 458 g/mol. The first-order valence-electron chi connectivity index (χ1n) is 13.2. The zero-order chi connectivity index (χ0) is 25.8. The van der Waals surface area contributed by atoms with Gasteiger partial charge in [-0.25, -0.2) is 0 Å². The summed E-state index contributed by atoms with van der Waals surface area (Å²) < 4.78 is -0.184. The molecule has 3 heterocycles. The van der Waals surface area contributed by atoms with E-state index in [0.29, 0.717) is 19.6 Å². The quantitative estimate of drug-likeness (QED) is 0.303. The Morgan fingerprint density at radius 1 is 1.16 bits per heavy atom. The van der Waals surface area contributed by atoms with E-state index in [0.717, 1.165) is 53.8 Å². The third-order valence-corrected chi connectivity index (χ3v) is 8.59. The van der Waals surface area contributed by atoms with E-state index in [-0.39, 0.29) is 16.2 Å². The van der Waals surface area contributed by atoms with Crippen molar-refractivity contribution in [3.8, 4) is 6.07 Å². The van der Waals surface area contributed by atoms with E-state index in [2.05, 4.69) is 58.6 Å². The van der Waals surface area contributed by atoms with Crippen LogP contribution in [0, 0.1) is 30.4 Å². The molecule has 7 rings (SSSR count). The van der Waals surface area contributed by atoms with E-state index in [9.17, 15) is 10.5 Å². The van der Waals surface area contributed by atoms with Crippen LogP contribution in [0.3, 0.4) is 0 Å². The molecular formula is C31H33N5O. The van der Waals surface area contributed by atoms with E-state index in [1.807, 2.05) is 32.3 Å². The average molecular weight is 492 g/mol. The number of hydrogen-bond donors (Lipinski definition) is 1. The fourth-order valence-electron chi connectivity index (χ4n) is 6.46. The number of piperidine rings is 1. The summed E-state index contributed by atoms with van der Waals surface area (Å²) in [7, 11) is 0. The first-order chi connectivity index (χ1) is 17.7. The van der Waals surface area contributed by atoms with Gasteiger partial charge in [0.1, 0.15) is 6.54 Å². The lowest BCUT2D eigenvalue weighted by Crippen LogP contribution is -2.55. The number of quaternary nitrogens is 1. The van der Waals surface area contributed by atoms with E-state index in [1.54, 1.807) is 0 Å². The first-order valence-corrected chi connectivity index (χ1v) is 13.2. The molecule has 3 aromatic rings. The number of fused-ring (bicyclic) bond motifs is 3. The number of hydroxylamine groups is 3.